The Kier molecular flexibility index (Phi) is 3.39. The SMILES string of the molecule is O=C(NCc1ccn[nH]1)c1ccc(F)c(Cl)c1. The lowest BCUT2D eigenvalue weighted by atomic mass is 10.2. The molecule has 1 heterocycles. The molecule has 2 N–H and O–H groups in total. The number of halogens is 2. The first-order chi connectivity index (χ1) is 8.16. The third kappa shape index (κ3) is 2.82. The summed E-state index contributed by atoms with van der Waals surface area (Å²) in [6.07, 6.45) is 1.59. The maximum atomic E-state index is 12.9. The van der Waals surface area contributed by atoms with Crippen molar-refractivity contribution in [3.05, 3.63) is 52.6 Å². The van der Waals surface area contributed by atoms with Gasteiger partial charge in [-0.1, -0.05) is 11.6 Å². The highest BCUT2D eigenvalue weighted by molar-refractivity contribution is 6.31. The predicted octanol–water partition coefficient (Wildman–Crippen LogP) is 2.13. The topological polar surface area (TPSA) is 57.8 Å². The summed E-state index contributed by atoms with van der Waals surface area (Å²) >= 11 is 5.59. The molecular formula is C11H9ClFN3O. The van der Waals surface area contributed by atoms with Crippen LogP contribution < -0.4 is 5.32 Å². The first-order valence-corrected chi connectivity index (χ1v) is 5.26. The minimum atomic E-state index is -0.545. The second kappa shape index (κ2) is 4.97. The number of aromatic nitrogens is 2. The highest BCUT2D eigenvalue weighted by Crippen LogP contribution is 2.15. The van der Waals surface area contributed by atoms with Crippen LogP contribution in [0.15, 0.2) is 30.5 Å². The van der Waals surface area contributed by atoms with Crippen LogP contribution in [0.5, 0.6) is 0 Å². The van der Waals surface area contributed by atoms with Gasteiger partial charge in [-0.05, 0) is 24.3 Å². The number of nitrogens with zero attached hydrogens (tertiary/aromatic N) is 1. The molecule has 0 spiro atoms. The Balaban J connectivity index is 2.02. The van der Waals surface area contributed by atoms with Gasteiger partial charge in [0.05, 0.1) is 17.3 Å². The minimum absolute atomic E-state index is 0.0702. The summed E-state index contributed by atoms with van der Waals surface area (Å²) in [7, 11) is 0. The molecule has 1 aromatic heterocycles. The fourth-order valence-electron chi connectivity index (χ4n) is 1.30. The molecule has 2 aromatic rings. The number of hydrogen-bond donors (Lipinski definition) is 2. The molecule has 0 aliphatic carbocycles. The summed E-state index contributed by atoms with van der Waals surface area (Å²) < 4.78 is 12.9. The normalized spacial score (nSPS) is 10.2. The average Bonchev–Trinajstić information content (AvgIpc) is 2.82. The second-order valence-electron chi connectivity index (χ2n) is 3.39. The van der Waals surface area contributed by atoms with Gasteiger partial charge < -0.3 is 5.32 Å². The zero-order chi connectivity index (χ0) is 12.3. The molecule has 0 saturated carbocycles. The first-order valence-electron chi connectivity index (χ1n) is 4.88. The van der Waals surface area contributed by atoms with Gasteiger partial charge in [0.15, 0.2) is 0 Å². The van der Waals surface area contributed by atoms with Crippen LogP contribution >= 0.6 is 11.6 Å². The number of amides is 1. The number of carbonyl (C=O) groups is 1. The van der Waals surface area contributed by atoms with E-state index in [4.69, 9.17) is 11.6 Å². The van der Waals surface area contributed by atoms with Crippen molar-refractivity contribution in [3.63, 3.8) is 0 Å². The van der Waals surface area contributed by atoms with E-state index in [2.05, 4.69) is 15.5 Å². The second-order valence-corrected chi connectivity index (χ2v) is 3.80. The molecule has 0 fully saturated rings. The molecular weight excluding hydrogens is 245 g/mol. The van der Waals surface area contributed by atoms with Crippen molar-refractivity contribution in [2.24, 2.45) is 0 Å². The third-order valence-corrected chi connectivity index (χ3v) is 2.47. The van der Waals surface area contributed by atoms with Crippen LogP contribution in [0.2, 0.25) is 5.02 Å². The lowest BCUT2D eigenvalue weighted by molar-refractivity contribution is 0.0950. The lowest BCUT2D eigenvalue weighted by Gasteiger charge is -2.04. The Morgan fingerprint density at radius 1 is 1.47 bits per heavy atom. The van der Waals surface area contributed by atoms with Gasteiger partial charge >= 0.3 is 0 Å². The largest absolute Gasteiger partial charge is 0.346 e. The van der Waals surface area contributed by atoms with Gasteiger partial charge in [-0.25, -0.2) is 4.39 Å². The molecule has 0 bridgehead atoms. The molecule has 0 radical (unpaired) electrons. The monoisotopic (exact) mass is 253 g/mol. The van der Waals surface area contributed by atoms with Crippen LogP contribution in [-0.2, 0) is 6.54 Å². The van der Waals surface area contributed by atoms with Gasteiger partial charge in [0.1, 0.15) is 5.82 Å². The number of benzene rings is 1. The Hall–Kier alpha value is -1.88. The molecule has 6 heteroatoms. The van der Waals surface area contributed by atoms with E-state index in [1.54, 1.807) is 12.3 Å². The molecule has 1 amide bonds. The maximum Gasteiger partial charge on any atom is 0.251 e. The number of nitrogens with one attached hydrogen (secondary N) is 2. The maximum absolute atomic E-state index is 12.9. The summed E-state index contributed by atoms with van der Waals surface area (Å²) in [6, 6.07) is 5.58. The molecule has 1 aromatic carbocycles. The van der Waals surface area contributed by atoms with Crippen molar-refractivity contribution in [3.8, 4) is 0 Å². The summed E-state index contributed by atoms with van der Waals surface area (Å²) in [5.74, 6) is -0.863. The van der Waals surface area contributed by atoms with Gasteiger partial charge in [-0.15, -0.1) is 0 Å². The summed E-state index contributed by atoms with van der Waals surface area (Å²) in [5.41, 5.74) is 1.10. The predicted molar refractivity (Wildman–Crippen MR) is 61.2 cm³/mol. The quantitative estimate of drug-likeness (QED) is 0.880. The smallest absolute Gasteiger partial charge is 0.251 e. The zero-order valence-corrected chi connectivity index (χ0v) is 9.46. The van der Waals surface area contributed by atoms with Crippen LogP contribution in [0.1, 0.15) is 16.1 Å². The van der Waals surface area contributed by atoms with Gasteiger partial charge in [0.25, 0.3) is 5.91 Å². The standard InChI is InChI=1S/C11H9ClFN3O/c12-9-5-7(1-2-10(9)13)11(17)14-6-8-3-4-15-16-8/h1-5H,6H2,(H,14,17)(H,15,16). The summed E-state index contributed by atoms with van der Waals surface area (Å²) in [4.78, 5) is 11.7. The van der Waals surface area contributed by atoms with Crippen LogP contribution in [0.3, 0.4) is 0 Å². The van der Waals surface area contributed by atoms with E-state index in [-0.39, 0.29) is 10.9 Å². The van der Waals surface area contributed by atoms with E-state index in [0.29, 0.717) is 12.1 Å². The van der Waals surface area contributed by atoms with Crippen molar-refractivity contribution < 1.29 is 9.18 Å². The van der Waals surface area contributed by atoms with Crippen LogP contribution in [0.25, 0.3) is 0 Å². The summed E-state index contributed by atoms with van der Waals surface area (Å²) in [6.45, 7) is 0.327. The Labute approximate surface area is 102 Å². The third-order valence-electron chi connectivity index (χ3n) is 2.18. The van der Waals surface area contributed by atoms with Gasteiger partial charge in [0.2, 0.25) is 0 Å². The number of aromatic amines is 1. The number of rotatable bonds is 3. The van der Waals surface area contributed by atoms with Crippen LogP contribution in [0.4, 0.5) is 4.39 Å². The van der Waals surface area contributed by atoms with E-state index in [9.17, 15) is 9.18 Å². The average molecular weight is 254 g/mol. The highest BCUT2D eigenvalue weighted by Gasteiger charge is 2.08. The Morgan fingerprint density at radius 2 is 2.29 bits per heavy atom. The summed E-state index contributed by atoms with van der Waals surface area (Å²) in [5, 5.41) is 9.05. The molecule has 0 unspecified atom stereocenters. The van der Waals surface area contributed by atoms with Crippen molar-refractivity contribution >= 4 is 17.5 Å². The molecule has 4 nitrogen and oxygen atoms in total. The molecule has 17 heavy (non-hydrogen) atoms. The van der Waals surface area contributed by atoms with Gasteiger partial charge in [0, 0.05) is 11.8 Å². The molecule has 0 atom stereocenters. The zero-order valence-electron chi connectivity index (χ0n) is 8.71. The number of H-pyrrole nitrogens is 1. The van der Waals surface area contributed by atoms with Crippen LogP contribution in [0, 0.1) is 5.82 Å². The molecule has 0 aliphatic rings. The van der Waals surface area contributed by atoms with E-state index < -0.39 is 5.82 Å². The highest BCUT2D eigenvalue weighted by atomic mass is 35.5. The number of carbonyl (C=O) groups excluding carboxylic acids is 1. The molecule has 0 aliphatic heterocycles. The Morgan fingerprint density at radius 3 is 2.94 bits per heavy atom. The minimum Gasteiger partial charge on any atom is -0.346 e. The van der Waals surface area contributed by atoms with Crippen LogP contribution in [-0.4, -0.2) is 16.1 Å². The van der Waals surface area contributed by atoms with Crippen molar-refractivity contribution in [2.45, 2.75) is 6.54 Å². The van der Waals surface area contributed by atoms with E-state index in [1.165, 1.54) is 12.1 Å². The fourth-order valence-corrected chi connectivity index (χ4v) is 1.48. The lowest BCUT2D eigenvalue weighted by Crippen LogP contribution is -2.23. The Bertz CT molecular complexity index is 528. The molecule has 0 saturated heterocycles. The van der Waals surface area contributed by atoms with Gasteiger partial charge in [-0.3, -0.25) is 9.89 Å². The first kappa shape index (κ1) is 11.6. The van der Waals surface area contributed by atoms with Gasteiger partial charge in [-0.2, -0.15) is 5.10 Å². The van der Waals surface area contributed by atoms with E-state index in [1.807, 2.05) is 0 Å². The van der Waals surface area contributed by atoms with E-state index in [0.717, 1.165) is 11.8 Å². The molecule has 88 valence electrons. The van der Waals surface area contributed by atoms with Crippen molar-refractivity contribution in [2.75, 3.05) is 0 Å². The fraction of sp³-hybridized carbons (Fsp3) is 0.0909. The van der Waals surface area contributed by atoms with Crippen molar-refractivity contribution in [1.29, 1.82) is 0 Å². The van der Waals surface area contributed by atoms with Crippen molar-refractivity contribution in [1.82, 2.24) is 15.5 Å². The molecule has 2 rings (SSSR count). The van der Waals surface area contributed by atoms with E-state index >= 15 is 0 Å². The number of hydrogen-bond acceptors (Lipinski definition) is 2.